The number of aromatic nitrogens is 2. The van der Waals surface area contributed by atoms with Gasteiger partial charge in [-0.15, -0.1) is 0 Å². The Labute approximate surface area is 186 Å². The number of amides is 1. The number of hydrogen-bond acceptors (Lipinski definition) is 6. The van der Waals surface area contributed by atoms with E-state index in [-0.39, 0.29) is 46.9 Å². The van der Waals surface area contributed by atoms with Gasteiger partial charge in [-0.3, -0.25) is 15.5 Å². The number of likely N-dealkylation sites (tertiary alicyclic amines) is 1. The van der Waals surface area contributed by atoms with Crippen molar-refractivity contribution < 1.29 is 21.7 Å². The Morgan fingerprint density at radius 2 is 1.83 bits per heavy atom. The molecule has 162 valence electrons. The number of hydrogen-bond donors (Lipinski definition) is 5. The molecular weight excluding hydrogens is 427 g/mol. The zero-order chi connectivity index (χ0) is 21.0. The van der Waals surface area contributed by atoms with Crippen molar-refractivity contribution in [3.63, 3.8) is 0 Å². The fourth-order valence-corrected chi connectivity index (χ4v) is 3.67. The highest BCUT2D eigenvalue weighted by Crippen LogP contribution is 2.21. The molecule has 3 rings (SSSR count). The van der Waals surface area contributed by atoms with Crippen LogP contribution in [0.2, 0.25) is 5.15 Å². The molecular formula is C19H26Cl2N8O. The van der Waals surface area contributed by atoms with E-state index in [4.69, 9.17) is 28.5 Å². The Balaban J connectivity index is 0.00000320. The van der Waals surface area contributed by atoms with Gasteiger partial charge in [0.15, 0.2) is 28.4 Å². The number of halogens is 2. The molecule has 1 saturated heterocycles. The van der Waals surface area contributed by atoms with E-state index in [1.54, 1.807) is 0 Å². The molecule has 1 aromatic carbocycles. The molecule has 7 N–H and O–H groups in total. The van der Waals surface area contributed by atoms with Crippen LogP contribution in [0.25, 0.3) is 0 Å². The van der Waals surface area contributed by atoms with Crippen LogP contribution in [0.4, 0.5) is 11.6 Å². The lowest BCUT2D eigenvalue weighted by Crippen LogP contribution is -3.00. The second kappa shape index (κ2) is 9.92. The van der Waals surface area contributed by atoms with Crippen LogP contribution in [0.5, 0.6) is 0 Å². The summed E-state index contributed by atoms with van der Waals surface area (Å²) in [6.45, 7) is 2.96. The molecule has 30 heavy (non-hydrogen) atoms. The minimum Gasteiger partial charge on any atom is -1.00 e. The molecule has 1 aromatic heterocycles. The van der Waals surface area contributed by atoms with Gasteiger partial charge in [-0.2, -0.15) is 0 Å². The lowest BCUT2D eigenvalue weighted by molar-refractivity contribution is -0.927. The molecule has 0 spiro atoms. The smallest absolute Gasteiger partial charge is 0.280 e. The second-order valence-corrected chi connectivity index (χ2v) is 7.95. The molecule has 0 bridgehead atoms. The number of guanidine groups is 1. The molecule has 9 nitrogen and oxygen atoms in total. The molecule has 2 heterocycles. The average molecular weight is 453 g/mol. The van der Waals surface area contributed by atoms with Crippen molar-refractivity contribution in [3.05, 3.63) is 46.7 Å². The third-order valence-corrected chi connectivity index (χ3v) is 5.43. The monoisotopic (exact) mass is 452 g/mol. The molecule has 11 heteroatoms. The summed E-state index contributed by atoms with van der Waals surface area (Å²) in [7, 11) is 2.25. The van der Waals surface area contributed by atoms with Crippen LogP contribution in [-0.2, 0) is 6.54 Å². The number of quaternary nitrogens is 1. The summed E-state index contributed by atoms with van der Waals surface area (Å²) in [6, 6.07) is 10.6. The molecule has 1 fully saturated rings. The van der Waals surface area contributed by atoms with Crippen molar-refractivity contribution in [2.75, 3.05) is 31.6 Å². The minimum atomic E-state index is -0.657. The van der Waals surface area contributed by atoms with Crippen molar-refractivity contribution in [1.82, 2.24) is 20.6 Å². The first kappa shape index (κ1) is 23.7. The summed E-state index contributed by atoms with van der Waals surface area (Å²) in [5, 5.41) is 13.4. The predicted molar refractivity (Wildman–Crippen MR) is 113 cm³/mol. The molecule has 2 aromatic rings. The number of anilines is 2. The van der Waals surface area contributed by atoms with Crippen LogP contribution >= 0.6 is 11.6 Å². The molecule has 1 aliphatic heterocycles. The van der Waals surface area contributed by atoms with Crippen molar-refractivity contribution in [3.8, 4) is 0 Å². The van der Waals surface area contributed by atoms with E-state index in [9.17, 15) is 4.79 Å². The quantitative estimate of drug-likeness (QED) is 0.214. The van der Waals surface area contributed by atoms with Gasteiger partial charge in [0.1, 0.15) is 6.54 Å². The Bertz CT molecular complexity index is 901. The Morgan fingerprint density at radius 3 is 2.47 bits per heavy atom. The van der Waals surface area contributed by atoms with E-state index in [0.717, 1.165) is 37.0 Å². The second-order valence-electron chi connectivity index (χ2n) is 7.59. The van der Waals surface area contributed by atoms with E-state index < -0.39 is 5.91 Å². The van der Waals surface area contributed by atoms with E-state index >= 15 is 0 Å². The predicted octanol–water partition coefficient (Wildman–Crippen LogP) is -1.64. The number of carbonyl (C=O) groups excluding carboxylic acids is 1. The molecule has 0 unspecified atom stereocenters. The third kappa shape index (κ3) is 5.94. The number of nitrogens with zero attached hydrogens (tertiary/aromatic N) is 3. The molecule has 1 aliphatic rings. The van der Waals surface area contributed by atoms with Gasteiger partial charge in [-0.1, -0.05) is 41.9 Å². The van der Waals surface area contributed by atoms with Crippen molar-refractivity contribution in [1.29, 1.82) is 5.41 Å². The van der Waals surface area contributed by atoms with Crippen molar-refractivity contribution in [2.24, 2.45) is 0 Å². The SMILES string of the molecule is C[N+]1(Cc2ccccc2)CCC(NC(=N)NC(=O)c2nc(Cl)c(N)nc2N)CC1.[Cl-]. The summed E-state index contributed by atoms with van der Waals surface area (Å²) in [6.07, 6.45) is 1.80. The highest BCUT2D eigenvalue weighted by atomic mass is 35.5. The van der Waals surface area contributed by atoms with E-state index in [1.807, 2.05) is 6.07 Å². The fourth-order valence-electron chi connectivity index (χ4n) is 3.54. The molecule has 0 saturated carbocycles. The fraction of sp³-hybridized carbons (Fsp3) is 0.368. The maximum absolute atomic E-state index is 12.3. The summed E-state index contributed by atoms with van der Waals surface area (Å²) >= 11 is 5.80. The van der Waals surface area contributed by atoms with Crippen LogP contribution in [0.1, 0.15) is 28.9 Å². The summed E-state index contributed by atoms with van der Waals surface area (Å²) in [4.78, 5) is 19.9. The van der Waals surface area contributed by atoms with Crippen LogP contribution in [0, 0.1) is 5.41 Å². The van der Waals surface area contributed by atoms with E-state index in [1.165, 1.54) is 5.56 Å². The zero-order valence-electron chi connectivity index (χ0n) is 16.7. The van der Waals surface area contributed by atoms with Crippen molar-refractivity contribution >= 4 is 35.1 Å². The number of carbonyl (C=O) groups is 1. The van der Waals surface area contributed by atoms with Gasteiger partial charge < -0.3 is 33.7 Å². The number of nitrogens with two attached hydrogens (primary N) is 2. The van der Waals surface area contributed by atoms with Gasteiger partial charge in [-0.05, 0) is 0 Å². The van der Waals surface area contributed by atoms with Gasteiger partial charge in [-0.25, -0.2) is 9.97 Å². The lowest BCUT2D eigenvalue weighted by atomic mass is 10.0. The van der Waals surface area contributed by atoms with E-state index in [0.29, 0.717) is 0 Å². The first-order chi connectivity index (χ1) is 13.8. The number of nitrogens with one attached hydrogen (secondary N) is 3. The average Bonchev–Trinajstić information content (AvgIpc) is 2.67. The van der Waals surface area contributed by atoms with Crippen molar-refractivity contribution in [2.45, 2.75) is 25.4 Å². The topological polar surface area (TPSA) is 143 Å². The summed E-state index contributed by atoms with van der Waals surface area (Å²) < 4.78 is 0.956. The third-order valence-electron chi connectivity index (χ3n) is 5.15. The highest BCUT2D eigenvalue weighted by molar-refractivity contribution is 6.31. The van der Waals surface area contributed by atoms with Crippen LogP contribution in [-0.4, -0.2) is 52.5 Å². The molecule has 0 radical (unpaired) electrons. The zero-order valence-corrected chi connectivity index (χ0v) is 18.2. The van der Waals surface area contributed by atoms with Gasteiger partial charge in [0.2, 0.25) is 0 Å². The Kier molecular flexibility index (Phi) is 7.83. The summed E-state index contributed by atoms with van der Waals surface area (Å²) in [5.41, 5.74) is 12.4. The maximum Gasteiger partial charge on any atom is 0.280 e. The minimum absolute atomic E-state index is 0. The van der Waals surface area contributed by atoms with Crippen LogP contribution < -0.4 is 34.5 Å². The Morgan fingerprint density at radius 1 is 1.20 bits per heavy atom. The molecule has 1 amide bonds. The van der Waals surface area contributed by atoms with Gasteiger partial charge in [0.25, 0.3) is 5.91 Å². The first-order valence-electron chi connectivity index (χ1n) is 9.38. The van der Waals surface area contributed by atoms with Crippen LogP contribution in [0.15, 0.2) is 30.3 Å². The van der Waals surface area contributed by atoms with E-state index in [2.05, 4.69) is 51.9 Å². The summed E-state index contributed by atoms with van der Waals surface area (Å²) in [5.74, 6) is -0.945. The van der Waals surface area contributed by atoms with Crippen LogP contribution in [0.3, 0.4) is 0 Å². The number of benzene rings is 1. The Hall–Kier alpha value is -2.62. The first-order valence-corrected chi connectivity index (χ1v) is 9.76. The number of piperidine rings is 1. The lowest BCUT2D eigenvalue weighted by Gasteiger charge is -2.41. The van der Waals surface area contributed by atoms with Gasteiger partial charge in [0.05, 0.1) is 20.1 Å². The standard InChI is InChI=1S/C19H25ClN8O.ClH/c1-28(11-12-5-3-2-4-6-12)9-7-13(8-10-28)24-19(23)27-18(29)14-16(21)26-17(22)15(20)25-14;/h2-6,13H,7-11H2,1H3,(H6-,21,22,23,24,26,27,29);1H. The van der Waals surface area contributed by atoms with Gasteiger partial charge in [0, 0.05) is 24.4 Å². The molecule has 0 aliphatic carbocycles. The number of rotatable bonds is 4. The van der Waals surface area contributed by atoms with Gasteiger partial charge >= 0.3 is 0 Å². The number of nitrogen functional groups attached to an aromatic ring is 2. The molecule has 0 atom stereocenters. The largest absolute Gasteiger partial charge is 1.00 e. The highest BCUT2D eigenvalue weighted by Gasteiger charge is 2.30. The maximum atomic E-state index is 12.3. The normalized spacial score (nSPS) is 20.7.